The smallest absolute Gasteiger partial charge is 0.325 e. The van der Waals surface area contributed by atoms with Crippen molar-refractivity contribution in [3.63, 3.8) is 0 Å². The summed E-state index contributed by atoms with van der Waals surface area (Å²) in [6.07, 6.45) is -7.65. The van der Waals surface area contributed by atoms with Gasteiger partial charge in [-0.3, -0.25) is 4.79 Å². The number of benzene rings is 2. The molecule has 2 heterocycles. The molecule has 4 rings (SSSR count). The third kappa shape index (κ3) is 5.19. The zero-order chi connectivity index (χ0) is 26.5. The van der Waals surface area contributed by atoms with Gasteiger partial charge in [-0.15, -0.1) is 0 Å². The first-order valence-corrected chi connectivity index (χ1v) is 10.7. The lowest BCUT2D eigenvalue weighted by Crippen LogP contribution is -2.28. The SMILES string of the molecule is CC(C)(C)C(=O)Nc1cc(-c2cn3nc(-c4ccc(C(F)(F)F)cc4)ccc3n2)ccc1C(F)(F)F. The van der Waals surface area contributed by atoms with Gasteiger partial charge in [-0.05, 0) is 36.4 Å². The number of nitrogens with zero attached hydrogens (tertiary/aromatic N) is 3. The van der Waals surface area contributed by atoms with E-state index in [2.05, 4.69) is 15.4 Å². The normalized spacial score (nSPS) is 12.7. The number of fused-ring (bicyclic) bond motifs is 1. The molecule has 0 radical (unpaired) electrons. The van der Waals surface area contributed by atoms with Crippen LogP contribution in [0.15, 0.2) is 60.8 Å². The van der Waals surface area contributed by atoms with Crippen LogP contribution in [0.25, 0.3) is 28.2 Å². The largest absolute Gasteiger partial charge is 0.418 e. The molecule has 2 aromatic carbocycles. The highest BCUT2D eigenvalue weighted by atomic mass is 19.4. The van der Waals surface area contributed by atoms with E-state index in [9.17, 15) is 31.1 Å². The van der Waals surface area contributed by atoms with Crippen LogP contribution < -0.4 is 5.32 Å². The van der Waals surface area contributed by atoms with Crippen molar-refractivity contribution in [2.24, 2.45) is 5.41 Å². The Hall–Kier alpha value is -3.89. The fourth-order valence-corrected chi connectivity index (χ4v) is 3.37. The number of anilines is 1. The highest BCUT2D eigenvalue weighted by Gasteiger charge is 2.35. The second kappa shape index (κ2) is 8.65. The van der Waals surface area contributed by atoms with Crippen LogP contribution in [0.2, 0.25) is 0 Å². The van der Waals surface area contributed by atoms with Gasteiger partial charge in [0.2, 0.25) is 5.91 Å². The van der Waals surface area contributed by atoms with Gasteiger partial charge in [0.25, 0.3) is 0 Å². The van der Waals surface area contributed by atoms with Gasteiger partial charge in [-0.2, -0.15) is 31.4 Å². The molecule has 1 N–H and O–H groups in total. The van der Waals surface area contributed by atoms with E-state index >= 15 is 0 Å². The predicted molar refractivity (Wildman–Crippen MR) is 122 cm³/mol. The molecular weight excluding hydrogens is 486 g/mol. The summed E-state index contributed by atoms with van der Waals surface area (Å²) >= 11 is 0. The summed E-state index contributed by atoms with van der Waals surface area (Å²) < 4.78 is 80.5. The van der Waals surface area contributed by atoms with E-state index in [1.54, 1.807) is 32.9 Å². The first-order valence-electron chi connectivity index (χ1n) is 10.7. The molecule has 36 heavy (non-hydrogen) atoms. The molecule has 188 valence electrons. The van der Waals surface area contributed by atoms with Gasteiger partial charge in [0.1, 0.15) is 0 Å². The minimum Gasteiger partial charge on any atom is -0.325 e. The Balaban J connectivity index is 1.71. The average Bonchev–Trinajstić information content (AvgIpc) is 3.20. The number of hydrogen-bond acceptors (Lipinski definition) is 3. The molecular formula is C25H20F6N4O. The molecule has 0 fully saturated rings. The van der Waals surface area contributed by atoms with Gasteiger partial charge < -0.3 is 5.32 Å². The van der Waals surface area contributed by atoms with Crippen LogP contribution in [-0.2, 0) is 17.1 Å². The third-order valence-corrected chi connectivity index (χ3v) is 5.38. The zero-order valence-corrected chi connectivity index (χ0v) is 19.3. The molecule has 0 unspecified atom stereocenters. The molecule has 4 aromatic rings. The lowest BCUT2D eigenvalue weighted by Gasteiger charge is -2.20. The molecule has 0 aliphatic rings. The van der Waals surface area contributed by atoms with E-state index in [0.717, 1.165) is 18.2 Å². The summed E-state index contributed by atoms with van der Waals surface area (Å²) in [7, 11) is 0. The van der Waals surface area contributed by atoms with Crippen molar-refractivity contribution in [1.82, 2.24) is 14.6 Å². The first kappa shape index (κ1) is 25.2. The fraction of sp³-hybridized carbons (Fsp3) is 0.240. The van der Waals surface area contributed by atoms with E-state index in [-0.39, 0.29) is 0 Å². The summed E-state index contributed by atoms with van der Waals surface area (Å²) in [4.78, 5) is 16.8. The number of nitrogens with one attached hydrogen (secondary N) is 1. The molecule has 1 amide bonds. The van der Waals surface area contributed by atoms with Crippen molar-refractivity contribution in [1.29, 1.82) is 0 Å². The highest BCUT2D eigenvalue weighted by Crippen LogP contribution is 2.38. The van der Waals surface area contributed by atoms with Gasteiger partial charge in [0.15, 0.2) is 5.65 Å². The Kier molecular flexibility index (Phi) is 6.06. The van der Waals surface area contributed by atoms with Crippen molar-refractivity contribution in [2.75, 3.05) is 5.32 Å². The lowest BCUT2D eigenvalue weighted by atomic mass is 9.95. The number of aromatic nitrogens is 3. The predicted octanol–water partition coefficient (Wildman–Crippen LogP) is 7.09. The molecule has 5 nitrogen and oxygen atoms in total. The number of carbonyl (C=O) groups excluding carboxylic acids is 1. The third-order valence-electron chi connectivity index (χ3n) is 5.38. The van der Waals surface area contributed by atoms with Gasteiger partial charge in [-0.1, -0.05) is 39.0 Å². The van der Waals surface area contributed by atoms with Crippen LogP contribution >= 0.6 is 0 Å². The summed E-state index contributed by atoms with van der Waals surface area (Å²) in [5, 5.41) is 6.72. The Morgan fingerprint density at radius 3 is 2.03 bits per heavy atom. The monoisotopic (exact) mass is 506 g/mol. The Morgan fingerprint density at radius 1 is 0.806 bits per heavy atom. The molecule has 0 atom stereocenters. The number of amides is 1. The average molecular weight is 506 g/mol. The van der Waals surface area contributed by atoms with Crippen molar-refractivity contribution >= 4 is 17.2 Å². The number of hydrogen-bond donors (Lipinski definition) is 1. The molecule has 2 aromatic heterocycles. The molecule has 0 spiro atoms. The maximum atomic E-state index is 13.5. The van der Waals surface area contributed by atoms with E-state index < -0.39 is 40.5 Å². The van der Waals surface area contributed by atoms with Gasteiger partial charge in [0, 0.05) is 16.5 Å². The van der Waals surface area contributed by atoms with Crippen LogP contribution in [-0.4, -0.2) is 20.5 Å². The van der Waals surface area contributed by atoms with E-state index in [1.807, 2.05) is 0 Å². The second-order valence-electron chi connectivity index (χ2n) is 9.18. The Labute approximate surface area is 201 Å². The van der Waals surface area contributed by atoms with Crippen molar-refractivity contribution in [3.8, 4) is 22.5 Å². The van der Waals surface area contributed by atoms with Crippen LogP contribution in [0, 0.1) is 5.41 Å². The van der Waals surface area contributed by atoms with E-state index in [1.165, 1.54) is 35.0 Å². The van der Waals surface area contributed by atoms with Crippen molar-refractivity contribution in [2.45, 2.75) is 33.1 Å². The van der Waals surface area contributed by atoms with Gasteiger partial charge >= 0.3 is 12.4 Å². The molecule has 11 heteroatoms. The Morgan fingerprint density at radius 2 is 1.44 bits per heavy atom. The van der Waals surface area contributed by atoms with Crippen LogP contribution in [0.3, 0.4) is 0 Å². The minimum absolute atomic E-state index is 0.298. The topological polar surface area (TPSA) is 59.3 Å². The summed E-state index contributed by atoms with van der Waals surface area (Å²) in [6, 6.07) is 11.0. The summed E-state index contributed by atoms with van der Waals surface area (Å²) in [6.45, 7) is 4.75. The maximum Gasteiger partial charge on any atom is 0.418 e. The van der Waals surface area contributed by atoms with Gasteiger partial charge in [0.05, 0.1) is 34.4 Å². The zero-order valence-electron chi connectivity index (χ0n) is 19.3. The maximum absolute atomic E-state index is 13.5. The number of rotatable bonds is 3. The fourth-order valence-electron chi connectivity index (χ4n) is 3.37. The number of imidazole rings is 1. The molecule has 0 saturated heterocycles. The van der Waals surface area contributed by atoms with Crippen molar-refractivity contribution < 1.29 is 31.1 Å². The molecule has 0 bridgehead atoms. The lowest BCUT2D eigenvalue weighted by molar-refractivity contribution is -0.138. The van der Waals surface area contributed by atoms with Gasteiger partial charge in [-0.25, -0.2) is 9.50 Å². The molecule has 0 aliphatic heterocycles. The molecule has 0 saturated carbocycles. The second-order valence-corrected chi connectivity index (χ2v) is 9.18. The number of alkyl halides is 6. The summed E-state index contributed by atoms with van der Waals surface area (Å²) in [5.74, 6) is -0.581. The first-order chi connectivity index (χ1) is 16.6. The van der Waals surface area contributed by atoms with Crippen LogP contribution in [0.1, 0.15) is 31.9 Å². The van der Waals surface area contributed by atoms with E-state index in [4.69, 9.17) is 0 Å². The molecule has 0 aliphatic carbocycles. The standard InChI is InChI=1S/C25H20F6N4O/c1-23(2,3)22(36)33-19-12-15(6-9-17(19)25(29,30)31)20-13-35-21(32-20)11-10-18(34-35)14-4-7-16(8-5-14)24(26,27)28/h4-13H,1-3H3,(H,33,36). The quantitative estimate of drug-likeness (QED) is 0.302. The van der Waals surface area contributed by atoms with Crippen LogP contribution in [0.4, 0.5) is 32.0 Å². The number of halogens is 6. The van der Waals surface area contributed by atoms with Crippen LogP contribution in [0.5, 0.6) is 0 Å². The van der Waals surface area contributed by atoms with E-state index in [0.29, 0.717) is 28.2 Å². The Bertz CT molecular complexity index is 1430. The minimum atomic E-state index is -4.68. The van der Waals surface area contributed by atoms with Crippen molar-refractivity contribution in [3.05, 3.63) is 71.9 Å². The number of carbonyl (C=O) groups is 1. The highest BCUT2D eigenvalue weighted by molar-refractivity contribution is 5.96. The summed E-state index contributed by atoms with van der Waals surface area (Å²) in [5.41, 5.74) is -1.27.